The van der Waals surface area contributed by atoms with E-state index in [4.69, 9.17) is 11.6 Å². The average Bonchev–Trinajstić information content (AvgIpc) is 2.91. The highest BCUT2D eigenvalue weighted by Gasteiger charge is 2.32. The summed E-state index contributed by atoms with van der Waals surface area (Å²) in [5, 5.41) is 12.4. The van der Waals surface area contributed by atoms with E-state index in [2.05, 4.69) is 5.32 Å². The Hall–Kier alpha value is -2.07. The van der Waals surface area contributed by atoms with Crippen molar-refractivity contribution in [2.75, 3.05) is 18.4 Å². The number of aliphatic hydroxyl groups is 1. The van der Waals surface area contributed by atoms with E-state index in [0.29, 0.717) is 12.8 Å². The molecule has 0 spiro atoms. The van der Waals surface area contributed by atoms with Crippen LogP contribution in [0.1, 0.15) is 35.7 Å². The SMILES string of the molecule is CC1CCC(O)CN(S(=O)(=O)c2cc(C(=O)Nc3ccc(F)c(Cl)c3)ccc2CF)C1. The van der Waals surface area contributed by atoms with Gasteiger partial charge in [-0.25, -0.2) is 17.2 Å². The Balaban J connectivity index is 1.94. The van der Waals surface area contributed by atoms with Crippen molar-refractivity contribution in [3.63, 3.8) is 0 Å². The van der Waals surface area contributed by atoms with Gasteiger partial charge in [0.1, 0.15) is 12.5 Å². The Bertz CT molecular complexity index is 1070. The molecule has 1 aliphatic rings. The fraction of sp³-hybridized carbons (Fsp3) is 0.381. The van der Waals surface area contributed by atoms with Gasteiger partial charge in [0.05, 0.1) is 16.0 Å². The van der Waals surface area contributed by atoms with Crippen molar-refractivity contribution in [1.29, 1.82) is 0 Å². The molecule has 1 fully saturated rings. The number of amides is 1. The molecule has 2 unspecified atom stereocenters. The smallest absolute Gasteiger partial charge is 0.255 e. The molecule has 0 aromatic heterocycles. The number of anilines is 1. The lowest BCUT2D eigenvalue weighted by molar-refractivity contribution is 0.102. The Kier molecular flexibility index (Phi) is 7.31. The lowest BCUT2D eigenvalue weighted by Crippen LogP contribution is -2.38. The third kappa shape index (κ3) is 5.41. The molecule has 3 rings (SSSR count). The van der Waals surface area contributed by atoms with E-state index < -0.39 is 34.5 Å². The Labute approximate surface area is 184 Å². The van der Waals surface area contributed by atoms with Gasteiger partial charge in [-0.05, 0) is 49.1 Å². The molecule has 1 saturated heterocycles. The Morgan fingerprint density at radius 3 is 2.65 bits per heavy atom. The number of hydrogen-bond donors (Lipinski definition) is 2. The summed E-state index contributed by atoms with van der Waals surface area (Å²) in [5.41, 5.74) is 0.132. The van der Waals surface area contributed by atoms with Crippen LogP contribution in [0.4, 0.5) is 14.5 Å². The van der Waals surface area contributed by atoms with Crippen LogP contribution in [-0.2, 0) is 16.7 Å². The van der Waals surface area contributed by atoms with Crippen LogP contribution in [0.15, 0.2) is 41.3 Å². The second-order valence-corrected chi connectivity index (χ2v) is 10.0. The second kappa shape index (κ2) is 9.60. The minimum atomic E-state index is -4.15. The molecule has 0 saturated carbocycles. The molecule has 0 radical (unpaired) electrons. The molecule has 2 aromatic rings. The van der Waals surface area contributed by atoms with Gasteiger partial charge in [0.2, 0.25) is 10.0 Å². The van der Waals surface area contributed by atoms with E-state index in [-0.39, 0.29) is 45.7 Å². The number of carbonyl (C=O) groups excluding carboxylic acids is 1. The van der Waals surface area contributed by atoms with E-state index >= 15 is 0 Å². The zero-order valence-electron chi connectivity index (χ0n) is 16.8. The molecular formula is C21H23ClF2N2O4S. The fourth-order valence-electron chi connectivity index (χ4n) is 3.48. The summed E-state index contributed by atoms with van der Waals surface area (Å²) in [6, 6.07) is 7.30. The van der Waals surface area contributed by atoms with Gasteiger partial charge >= 0.3 is 0 Å². The van der Waals surface area contributed by atoms with Crippen molar-refractivity contribution in [1.82, 2.24) is 4.31 Å². The summed E-state index contributed by atoms with van der Waals surface area (Å²) in [6.07, 6.45) is 0.334. The third-order valence-electron chi connectivity index (χ3n) is 5.19. The Morgan fingerprint density at radius 1 is 1.23 bits per heavy atom. The van der Waals surface area contributed by atoms with Crippen LogP contribution >= 0.6 is 11.6 Å². The summed E-state index contributed by atoms with van der Waals surface area (Å²) in [4.78, 5) is 12.3. The summed E-state index contributed by atoms with van der Waals surface area (Å²) < 4.78 is 54.6. The van der Waals surface area contributed by atoms with Gasteiger partial charge in [-0.1, -0.05) is 24.6 Å². The van der Waals surface area contributed by atoms with Crippen LogP contribution in [0.5, 0.6) is 0 Å². The quantitative estimate of drug-likeness (QED) is 0.689. The molecule has 0 bridgehead atoms. The second-order valence-electron chi connectivity index (χ2n) is 7.70. The van der Waals surface area contributed by atoms with E-state index in [1.807, 2.05) is 6.92 Å². The van der Waals surface area contributed by atoms with Crippen LogP contribution in [-0.4, -0.2) is 42.9 Å². The topological polar surface area (TPSA) is 86.7 Å². The minimum Gasteiger partial charge on any atom is -0.392 e. The van der Waals surface area contributed by atoms with E-state index in [0.717, 1.165) is 16.4 Å². The molecule has 2 N–H and O–H groups in total. The summed E-state index contributed by atoms with van der Waals surface area (Å²) in [6.45, 7) is 0.947. The van der Waals surface area contributed by atoms with Gasteiger partial charge in [0, 0.05) is 29.9 Å². The number of carbonyl (C=O) groups is 1. The zero-order chi connectivity index (χ0) is 22.8. The van der Waals surface area contributed by atoms with Crippen molar-refractivity contribution in [2.24, 2.45) is 5.92 Å². The first-order valence-electron chi connectivity index (χ1n) is 9.75. The van der Waals surface area contributed by atoms with Crippen molar-refractivity contribution in [3.05, 3.63) is 58.4 Å². The highest BCUT2D eigenvalue weighted by atomic mass is 35.5. The van der Waals surface area contributed by atoms with E-state index in [1.165, 1.54) is 24.3 Å². The molecule has 6 nitrogen and oxygen atoms in total. The number of rotatable bonds is 5. The monoisotopic (exact) mass is 472 g/mol. The number of halogens is 3. The predicted molar refractivity (Wildman–Crippen MR) is 114 cm³/mol. The number of aliphatic hydroxyl groups excluding tert-OH is 1. The molecule has 1 aliphatic heterocycles. The minimum absolute atomic E-state index is 0.0142. The summed E-state index contributed by atoms with van der Waals surface area (Å²) >= 11 is 5.72. The maximum absolute atomic E-state index is 13.6. The molecule has 10 heteroatoms. The van der Waals surface area contributed by atoms with E-state index in [9.17, 15) is 27.1 Å². The third-order valence-corrected chi connectivity index (χ3v) is 7.39. The van der Waals surface area contributed by atoms with Gasteiger partial charge in [-0.2, -0.15) is 4.31 Å². The normalized spacial score (nSPS) is 20.3. The van der Waals surface area contributed by atoms with Gasteiger partial charge in [-0.15, -0.1) is 0 Å². The number of benzene rings is 2. The number of sulfonamides is 1. The first kappa shape index (κ1) is 23.6. The van der Waals surface area contributed by atoms with Gasteiger partial charge < -0.3 is 10.4 Å². The molecular weight excluding hydrogens is 450 g/mol. The van der Waals surface area contributed by atoms with Crippen LogP contribution < -0.4 is 5.32 Å². The number of β-amino-alcohol motifs (C(OH)–C–C–N with tert-alkyl or cyclic N) is 1. The molecule has 31 heavy (non-hydrogen) atoms. The maximum atomic E-state index is 13.6. The molecule has 0 aliphatic carbocycles. The highest BCUT2D eigenvalue weighted by molar-refractivity contribution is 7.89. The lowest BCUT2D eigenvalue weighted by atomic mass is 10.1. The Morgan fingerprint density at radius 2 is 1.97 bits per heavy atom. The largest absolute Gasteiger partial charge is 0.392 e. The van der Waals surface area contributed by atoms with Crippen molar-refractivity contribution in [2.45, 2.75) is 37.4 Å². The molecule has 1 amide bonds. The lowest BCUT2D eigenvalue weighted by Gasteiger charge is -2.24. The van der Waals surface area contributed by atoms with Crippen LogP contribution in [0, 0.1) is 11.7 Å². The predicted octanol–water partition coefficient (Wildman–Crippen LogP) is 3.98. The van der Waals surface area contributed by atoms with Crippen LogP contribution in [0.3, 0.4) is 0 Å². The molecule has 1 heterocycles. The number of nitrogens with zero attached hydrogens (tertiary/aromatic N) is 1. The first-order chi connectivity index (χ1) is 14.6. The number of hydrogen-bond acceptors (Lipinski definition) is 4. The highest BCUT2D eigenvalue weighted by Crippen LogP contribution is 2.27. The van der Waals surface area contributed by atoms with Gasteiger partial charge in [0.25, 0.3) is 5.91 Å². The van der Waals surface area contributed by atoms with Crippen LogP contribution in [0.25, 0.3) is 0 Å². The standard InChI is InChI=1S/C21H23ClF2N2O4S/c1-13-2-6-17(27)12-26(11-13)31(29,30)20-8-14(3-4-15(20)10-23)21(28)25-16-5-7-19(24)18(22)9-16/h3-5,7-9,13,17,27H,2,6,10-12H2,1H3,(H,25,28). The first-order valence-corrected chi connectivity index (χ1v) is 11.6. The van der Waals surface area contributed by atoms with Gasteiger partial charge in [0.15, 0.2) is 0 Å². The average molecular weight is 473 g/mol. The summed E-state index contributed by atoms with van der Waals surface area (Å²) in [7, 11) is -4.15. The van der Waals surface area contributed by atoms with Crippen molar-refractivity contribution in [3.8, 4) is 0 Å². The molecule has 2 aromatic carbocycles. The number of alkyl halides is 1. The number of nitrogens with one attached hydrogen (secondary N) is 1. The summed E-state index contributed by atoms with van der Waals surface area (Å²) in [5.74, 6) is -1.28. The van der Waals surface area contributed by atoms with Gasteiger partial charge in [-0.3, -0.25) is 4.79 Å². The fourth-order valence-corrected chi connectivity index (χ4v) is 5.48. The maximum Gasteiger partial charge on any atom is 0.255 e. The molecule has 168 valence electrons. The van der Waals surface area contributed by atoms with Crippen LogP contribution in [0.2, 0.25) is 5.02 Å². The van der Waals surface area contributed by atoms with Crippen molar-refractivity contribution < 1.29 is 27.1 Å². The zero-order valence-corrected chi connectivity index (χ0v) is 18.4. The van der Waals surface area contributed by atoms with E-state index in [1.54, 1.807) is 0 Å². The molecule has 2 atom stereocenters. The van der Waals surface area contributed by atoms with Crippen molar-refractivity contribution >= 4 is 33.2 Å².